The first kappa shape index (κ1) is 21.6. The maximum absolute atomic E-state index is 12.4. The van der Waals surface area contributed by atoms with E-state index in [-0.39, 0.29) is 11.3 Å². The van der Waals surface area contributed by atoms with Crippen molar-refractivity contribution in [2.75, 3.05) is 0 Å². The molecule has 0 amide bonds. The Labute approximate surface area is 178 Å². The molecule has 5 heteroatoms. The summed E-state index contributed by atoms with van der Waals surface area (Å²) in [7, 11) is -1.96. The van der Waals surface area contributed by atoms with Crippen LogP contribution in [-0.4, -0.2) is 13.0 Å². The van der Waals surface area contributed by atoms with Gasteiger partial charge in [-0.25, -0.2) is 8.42 Å². The number of rotatable bonds is 6. The molecule has 1 aromatic heterocycles. The number of benzene rings is 2. The van der Waals surface area contributed by atoms with Crippen molar-refractivity contribution >= 4 is 9.84 Å². The molecule has 3 aromatic rings. The van der Waals surface area contributed by atoms with Gasteiger partial charge in [0, 0.05) is 24.1 Å². The zero-order valence-corrected chi connectivity index (χ0v) is 18.3. The molecule has 0 saturated heterocycles. The number of nitrogens with zero attached hydrogens (tertiary/aromatic N) is 1. The van der Waals surface area contributed by atoms with Gasteiger partial charge >= 0.3 is 0 Å². The molecule has 0 bridgehead atoms. The number of aromatic nitrogens is 1. The minimum Gasteiger partial charge on any atom is -0.318 e. The van der Waals surface area contributed by atoms with E-state index in [9.17, 15) is 13.2 Å². The molecule has 4 nitrogen and oxygen atoms in total. The second-order valence-electron chi connectivity index (χ2n) is 7.51. The Morgan fingerprint density at radius 2 is 1.70 bits per heavy atom. The van der Waals surface area contributed by atoms with Gasteiger partial charge in [0.1, 0.15) is 0 Å². The summed E-state index contributed by atoms with van der Waals surface area (Å²) in [6.45, 7) is 3.97. The Balaban J connectivity index is 2.23. The minimum absolute atomic E-state index is 0.0462. The van der Waals surface area contributed by atoms with Gasteiger partial charge in [0.15, 0.2) is 0 Å². The number of aryl methyl sites for hydroxylation is 3. The van der Waals surface area contributed by atoms with Gasteiger partial charge < -0.3 is 4.57 Å². The van der Waals surface area contributed by atoms with Gasteiger partial charge in [-0.1, -0.05) is 55.0 Å². The molecular weight excluding hydrogens is 394 g/mol. The lowest BCUT2D eigenvalue weighted by atomic mass is 9.91. The summed E-state index contributed by atoms with van der Waals surface area (Å²) in [5, 5.41) is 1.90. The normalized spacial score (nSPS) is 11.3. The summed E-state index contributed by atoms with van der Waals surface area (Å²) in [6, 6.07) is 15.8. The van der Waals surface area contributed by atoms with Crippen molar-refractivity contribution in [1.82, 2.24) is 4.57 Å². The van der Waals surface area contributed by atoms with Crippen LogP contribution in [0.4, 0.5) is 0 Å². The number of hydrogen-bond donors (Lipinski definition) is 0. The van der Waals surface area contributed by atoms with Gasteiger partial charge in [-0.15, -0.1) is 6.42 Å². The summed E-state index contributed by atoms with van der Waals surface area (Å²) in [6.07, 6.45) is 8.23. The summed E-state index contributed by atoms with van der Waals surface area (Å²) >= 11 is 0. The van der Waals surface area contributed by atoms with Crippen molar-refractivity contribution in [3.05, 3.63) is 92.9 Å². The van der Waals surface area contributed by atoms with E-state index in [0.717, 1.165) is 22.3 Å². The minimum atomic E-state index is -3.67. The van der Waals surface area contributed by atoms with E-state index in [1.807, 2.05) is 37.3 Å². The number of terminal acetylenes is 1. The fourth-order valence-electron chi connectivity index (χ4n) is 3.63. The zero-order chi connectivity index (χ0) is 21.9. The smallest absolute Gasteiger partial charge is 0.253 e. The zero-order valence-electron chi connectivity index (χ0n) is 17.5. The molecule has 0 aliphatic carbocycles. The quantitative estimate of drug-likeness (QED) is 0.448. The predicted octanol–water partition coefficient (Wildman–Crippen LogP) is 4.02. The van der Waals surface area contributed by atoms with E-state index in [0.29, 0.717) is 24.0 Å². The van der Waals surface area contributed by atoms with Gasteiger partial charge in [0.25, 0.3) is 5.56 Å². The van der Waals surface area contributed by atoms with Crippen LogP contribution in [0.2, 0.25) is 0 Å². The first-order valence-corrected chi connectivity index (χ1v) is 11.5. The van der Waals surface area contributed by atoms with E-state index < -0.39 is 9.84 Å². The molecule has 0 spiro atoms. The third-order valence-electron chi connectivity index (χ3n) is 5.20. The van der Waals surface area contributed by atoms with Gasteiger partial charge in [-0.3, -0.25) is 4.79 Å². The Morgan fingerprint density at radius 3 is 2.33 bits per heavy atom. The second kappa shape index (κ2) is 8.73. The fourth-order valence-corrected chi connectivity index (χ4v) is 4.37. The molecule has 30 heavy (non-hydrogen) atoms. The van der Waals surface area contributed by atoms with E-state index in [4.69, 9.17) is 6.42 Å². The summed E-state index contributed by atoms with van der Waals surface area (Å²) in [4.78, 5) is 12.4. The largest absolute Gasteiger partial charge is 0.318 e. The van der Waals surface area contributed by atoms with Crippen LogP contribution in [0, 0.1) is 18.6 Å². The lowest BCUT2D eigenvalue weighted by Crippen LogP contribution is -2.20. The van der Waals surface area contributed by atoms with Crippen molar-refractivity contribution in [1.29, 1.82) is 0 Å². The van der Waals surface area contributed by atoms with Crippen molar-refractivity contribution in [2.45, 2.75) is 32.4 Å². The van der Waals surface area contributed by atoms with E-state index >= 15 is 0 Å². The lowest BCUT2D eigenvalue weighted by Gasteiger charge is -2.17. The average Bonchev–Trinajstić information content (AvgIpc) is 2.72. The molecule has 154 valence electrons. The van der Waals surface area contributed by atoms with E-state index in [1.54, 1.807) is 23.9 Å². The highest BCUT2D eigenvalue weighted by Gasteiger charge is 2.18. The molecule has 0 saturated carbocycles. The number of sulfone groups is 1. The molecule has 0 radical (unpaired) electrons. The highest BCUT2D eigenvalue weighted by atomic mass is 32.2. The Hall–Kier alpha value is -3.10. The average molecular weight is 420 g/mol. The fraction of sp³-hybridized carbons (Fsp3) is 0.240. The summed E-state index contributed by atoms with van der Waals surface area (Å²) < 4.78 is 26.0. The van der Waals surface area contributed by atoms with Crippen LogP contribution in [0.3, 0.4) is 0 Å². The molecule has 0 fully saturated rings. The van der Waals surface area contributed by atoms with Gasteiger partial charge in [-0.2, -0.15) is 0 Å². The van der Waals surface area contributed by atoms with Crippen molar-refractivity contribution in [3.63, 3.8) is 0 Å². The van der Waals surface area contributed by atoms with Gasteiger partial charge in [0.05, 0.1) is 5.75 Å². The van der Waals surface area contributed by atoms with E-state index in [2.05, 4.69) is 24.3 Å². The maximum atomic E-state index is 12.4. The monoisotopic (exact) mass is 419 g/mol. The standard InChI is InChI=1S/C25H25NO3S/c1-5-20-15-23(16-26(4)25(20)27)24-21(14-19-12-10-18(3)11-13-19)8-7-9-22(24)17-30(28,29)6-2/h2,7-13,15-16H,5,14,17H2,1,3-4H3. The molecule has 2 aromatic carbocycles. The molecule has 0 aliphatic rings. The van der Waals surface area contributed by atoms with E-state index in [1.165, 1.54) is 5.56 Å². The molecule has 0 N–H and O–H groups in total. The van der Waals surface area contributed by atoms with Crippen LogP contribution in [0.1, 0.15) is 34.7 Å². The van der Waals surface area contributed by atoms with Crippen LogP contribution < -0.4 is 5.56 Å². The van der Waals surface area contributed by atoms with Crippen LogP contribution in [0.5, 0.6) is 0 Å². The van der Waals surface area contributed by atoms with Gasteiger partial charge in [0.2, 0.25) is 9.84 Å². The SMILES string of the molecule is C#CS(=O)(=O)Cc1cccc(Cc2ccc(C)cc2)c1-c1cc(CC)c(=O)n(C)c1. The molecule has 0 atom stereocenters. The first-order valence-electron chi connectivity index (χ1n) is 9.80. The summed E-state index contributed by atoms with van der Waals surface area (Å²) in [5.74, 6) is -0.245. The highest BCUT2D eigenvalue weighted by molar-refractivity contribution is 7.95. The van der Waals surface area contributed by atoms with Crippen molar-refractivity contribution < 1.29 is 8.42 Å². The predicted molar refractivity (Wildman–Crippen MR) is 122 cm³/mol. The molecule has 1 heterocycles. The molecule has 0 unspecified atom stereocenters. The maximum Gasteiger partial charge on any atom is 0.253 e. The van der Waals surface area contributed by atoms with Crippen LogP contribution in [-0.2, 0) is 35.5 Å². The Morgan fingerprint density at radius 1 is 1.03 bits per heavy atom. The molecular formula is C25H25NO3S. The lowest BCUT2D eigenvalue weighted by molar-refractivity contribution is 0.605. The highest BCUT2D eigenvalue weighted by Crippen LogP contribution is 2.31. The Bertz CT molecular complexity index is 1280. The van der Waals surface area contributed by atoms with Crippen LogP contribution in [0.15, 0.2) is 59.5 Å². The first-order chi connectivity index (χ1) is 14.2. The Kier molecular flexibility index (Phi) is 6.28. The van der Waals surface area contributed by atoms with Crippen LogP contribution >= 0.6 is 0 Å². The third kappa shape index (κ3) is 4.72. The van der Waals surface area contributed by atoms with Crippen molar-refractivity contribution in [2.24, 2.45) is 7.05 Å². The molecule has 3 rings (SSSR count). The summed E-state index contributed by atoms with van der Waals surface area (Å²) in [5.41, 5.74) is 6.21. The van der Waals surface area contributed by atoms with Gasteiger partial charge in [-0.05, 0) is 53.6 Å². The number of hydrogen-bond acceptors (Lipinski definition) is 3. The number of pyridine rings is 1. The second-order valence-corrected chi connectivity index (χ2v) is 9.27. The van der Waals surface area contributed by atoms with Crippen LogP contribution in [0.25, 0.3) is 11.1 Å². The van der Waals surface area contributed by atoms with Crippen molar-refractivity contribution in [3.8, 4) is 22.8 Å². The topological polar surface area (TPSA) is 56.1 Å². The third-order valence-corrected chi connectivity index (χ3v) is 6.25. The molecule has 0 aliphatic heterocycles.